The highest BCUT2D eigenvalue weighted by atomic mass is 79.9. The topological polar surface area (TPSA) is 43.8 Å². The van der Waals surface area contributed by atoms with Gasteiger partial charge >= 0.3 is 0 Å². The lowest BCUT2D eigenvalue weighted by atomic mass is 9.81. The van der Waals surface area contributed by atoms with Crippen LogP contribution in [0.2, 0.25) is 0 Å². The zero-order valence-corrected chi connectivity index (χ0v) is 11.9. The number of rotatable bonds is 2. The monoisotopic (exact) mass is 303 g/mol. The molecule has 0 aromatic carbocycles. The van der Waals surface area contributed by atoms with Crippen LogP contribution in [0.25, 0.3) is 0 Å². The molecular formula is C12H19BrFN3. The maximum atomic E-state index is 15.1. The Labute approximate surface area is 110 Å². The van der Waals surface area contributed by atoms with E-state index in [1.54, 1.807) is 10.9 Å². The second-order valence-corrected chi connectivity index (χ2v) is 6.06. The highest BCUT2D eigenvalue weighted by Crippen LogP contribution is 2.43. The molecule has 1 aliphatic carbocycles. The van der Waals surface area contributed by atoms with Crippen LogP contribution in [-0.4, -0.2) is 15.8 Å². The van der Waals surface area contributed by atoms with Crippen molar-refractivity contribution in [2.75, 3.05) is 0 Å². The van der Waals surface area contributed by atoms with E-state index >= 15 is 4.39 Å². The van der Waals surface area contributed by atoms with Gasteiger partial charge in [-0.15, -0.1) is 0 Å². The Morgan fingerprint density at radius 2 is 2.35 bits per heavy atom. The summed E-state index contributed by atoms with van der Waals surface area (Å²) in [6.45, 7) is 4.02. The van der Waals surface area contributed by atoms with Crippen molar-refractivity contribution in [3.05, 3.63) is 16.4 Å². The van der Waals surface area contributed by atoms with Crippen LogP contribution in [-0.2, 0) is 5.67 Å². The van der Waals surface area contributed by atoms with Crippen LogP contribution in [0.4, 0.5) is 4.39 Å². The largest absolute Gasteiger partial charge is 0.328 e. The van der Waals surface area contributed by atoms with Crippen LogP contribution in [0, 0.1) is 0 Å². The molecule has 0 bridgehead atoms. The summed E-state index contributed by atoms with van der Waals surface area (Å²) in [5, 5.41) is 4.25. The summed E-state index contributed by atoms with van der Waals surface area (Å²) in [7, 11) is 0. The minimum Gasteiger partial charge on any atom is -0.328 e. The first-order valence-corrected chi connectivity index (χ1v) is 6.91. The van der Waals surface area contributed by atoms with Crippen molar-refractivity contribution in [3.63, 3.8) is 0 Å². The van der Waals surface area contributed by atoms with Crippen LogP contribution in [0.15, 0.2) is 10.7 Å². The van der Waals surface area contributed by atoms with Crippen LogP contribution in [0.1, 0.15) is 51.3 Å². The summed E-state index contributed by atoms with van der Waals surface area (Å²) >= 11 is 3.41. The van der Waals surface area contributed by atoms with Gasteiger partial charge in [0.25, 0.3) is 0 Å². The van der Waals surface area contributed by atoms with E-state index in [1.165, 1.54) is 0 Å². The molecule has 1 saturated carbocycles. The highest BCUT2D eigenvalue weighted by molar-refractivity contribution is 9.10. The normalized spacial score (nSPS) is 29.9. The van der Waals surface area contributed by atoms with Crippen LogP contribution >= 0.6 is 15.9 Å². The molecule has 0 aliphatic heterocycles. The van der Waals surface area contributed by atoms with Gasteiger partial charge in [-0.3, -0.25) is 4.68 Å². The molecule has 1 fully saturated rings. The molecule has 2 unspecified atom stereocenters. The van der Waals surface area contributed by atoms with Crippen molar-refractivity contribution < 1.29 is 4.39 Å². The zero-order chi connectivity index (χ0) is 12.6. The molecule has 96 valence electrons. The van der Waals surface area contributed by atoms with E-state index in [0.717, 1.165) is 17.3 Å². The number of hydrogen-bond acceptors (Lipinski definition) is 2. The van der Waals surface area contributed by atoms with Gasteiger partial charge in [-0.25, -0.2) is 4.39 Å². The smallest absolute Gasteiger partial charge is 0.155 e. The number of halogens is 2. The number of alkyl halides is 1. The molecule has 0 amide bonds. The van der Waals surface area contributed by atoms with E-state index < -0.39 is 5.67 Å². The average Bonchev–Trinajstić information content (AvgIpc) is 2.60. The first-order valence-electron chi connectivity index (χ1n) is 6.12. The molecule has 2 rings (SSSR count). The SMILES string of the molecule is CC(C)n1ncc(Br)c1C1(F)CCCC(N)C1. The Hall–Kier alpha value is -0.420. The van der Waals surface area contributed by atoms with Crippen molar-refractivity contribution in [1.29, 1.82) is 0 Å². The second kappa shape index (κ2) is 4.69. The maximum absolute atomic E-state index is 15.1. The lowest BCUT2D eigenvalue weighted by molar-refractivity contribution is 0.0816. The molecule has 0 saturated heterocycles. The molecular weight excluding hydrogens is 285 g/mol. The molecule has 0 spiro atoms. The predicted molar refractivity (Wildman–Crippen MR) is 69.5 cm³/mol. The number of aromatic nitrogens is 2. The van der Waals surface area contributed by atoms with E-state index in [0.29, 0.717) is 18.5 Å². The molecule has 3 nitrogen and oxygen atoms in total. The molecule has 5 heteroatoms. The Morgan fingerprint density at radius 3 is 2.94 bits per heavy atom. The molecule has 2 N–H and O–H groups in total. The fourth-order valence-electron chi connectivity index (χ4n) is 2.63. The Bertz CT molecular complexity index is 404. The van der Waals surface area contributed by atoms with Gasteiger partial charge in [0.05, 0.1) is 16.4 Å². The number of nitrogens with two attached hydrogens (primary N) is 1. The quantitative estimate of drug-likeness (QED) is 0.911. The van der Waals surface area contributed by atoms with E-state index in [2.05, 4.69) is 21.0 Å². The van der Waals surface area contributed by atoms with Gasteiger partial charge in [-0.05, 0) is 49.0 Å². The van der Waals surface area contributed by atoms with Crippen molar-refractivity contribution in [3.8, 4) is 0 Å². The Balaban J connectivity index is 2.41. The van der Waals surface area contributed by atoms with Crippen LogP contribution in [0.3, 0.4) is 0 Å². The standard InChI is InChI=1S/C12H19BrFN3/c1-8(2)17-11(10(13)7-16-17)12(14)5-3-4-9(15)6-12/h7-9H,3-6,15H2,1-2H3. The highest BCUT2D eigenvalue weighted by Gasteiger charge is 2.41. The molecule has 1 aromatic heterocycles. The summed E-state index contributed by atoms with van der Waals surface area (Å²) in [5.41, 5.74) is 5.23. The Kier molecular flexibility index (Phi) is 3.59. The van der Waals surface area contributed by atoms with E-state index in [4.69, 9.17) is 5.73 Å². The minimum absolute atomic E-state index is 0.0452. The second-order valence-electron chi connectivity index (χ2n) is 5.20. The van der Waals surface area contributed by atoms with Gasteiger partial charge in [-0.1, -0.05) is 0 Å². The predicted octanol–water partition coefficient (Wildman–Crippen LogP) is 3.29. The fraction of sp³-hybridized carbons (Fsp3) is 0.750. The molecule has 2 atom stereocenters. The van der Waals surface area contributed by atoms with Crippen molar-refractivity contribution in [2.24, 2.45) is 5.73 Å². The Morgan fingerprint density at radius 1 is 1.65 bits per heavy atom. The first kappa shape index (κ1) is 13.0. The van der Waals surface area contributed by atoms with Crippen molar-refractivity contribution in [1.82, 2.24) is 9.78 Å². The third-order valence-corrected chi connectivity index (χ3v) is 3.98. The summed E-state index contributed by atoms with van der Waals surface area (Å²) in [4.78, 5) is 0. The summed E-state index contributed by atoms with van der Waals surface area (Å²) in [5.74, 6) is 0. The van der Waals surface area contributed by atoms with Crippen molar-refractivity contribution >= 4 is 15.9 Å². The molecule has 1 heterocycles. The van der Waals surface area contributed by atoms with Crippen LogP contribution < -0.4 is 5.73 Å². The molecule has 1 aromatic rings. The van der Waals surface area contributed by atoms with Gasteiger partial charge in [0.1, 0.15) is 0 Å². The van der Waals surface area contributed by atoms with Crippen molar-refractivity contribution in [2.45, 2.75) is 57.3 Å². The van der Waals surface area contributed by atoms with Crippen LogP contribution in [0.5, 0.6) is 0 Å². The lowest BCUT2D eigenvalue weighted by Gasteiger charge is -2.34. The molecule has 0 radical (unpaired) electrons. The minimum atomic E-state index is -1.34. The number of nitrogens with zero attached hydrogens (tertiary/aromatic N) is 2. The van der Waals surface area contributed by atoms with E-state index in [1.807, 2.05) is 13.8 Å². The molecule has 1 aliphatic rings. The summed E-state index contributed by atoms with van der Waals surface area (Å²) < 4.78 is 17.6. The average molecular weight is 304 g/mol. The third-order valence-electron chi connectivity index (χ3n) is 3.40. The molecule has 17 heavy (non-hydrogen) atoms. The number of hydrogen-bond donors (Lipinski definition) is 1. The first-order chi connectivity index (χ1) is 7.94. The summed E-state index contributed by atoms with van der Waals surface area (Å²) in [6.07, 6.45) is 4.37. The fourth-order valence-corrected chi connectivity index (χ4v) is 3.26. The van der Waals surface area contributed by atoms with Gasteiger partial charge < -0.3 is 5.73 Å². The summed E-state index contributed by atoms with van der Waals surface area (Å²) in [6, 6.07) is 0.109. The third kappa shape index (κ3) is 2.40. The van der Waals surface area contributed by atoms with Gasteiger partial charge in [-0.2, -0.15) is 5.10 Å². The lowest BCUT2D eigenvalue weighted by Crippen LogP contribution is -2.38. The van der Waals surface area contributed by atoms with E-state index in [-0.39, 0.29) is 12.1 Å². The van der Waals surface area contributed by atoms with Gasteiger partial charge in [0.2, 0.25) is 0 Å². The maximum Gasteiger partial charge on any atom is 0.155 e. The van der Waals surface area contributed by atoms with E-state index in [9.17, 15) is 0 Å². The zero-order valence-electron chi connectivity index (χ0n) is 10.3. The van der Waals surface area contributed by atoms with Gasteiger partial charge in [0, 0.05) is 18.5 Å². The van der Waals surface area contributed by atoms with Gasteiger partial charge in [0.15, 0.2) is 5.67 Å².